The third-order valence-corrected chi connectivity index (χ3v) is 4.82. The number of aryl methyl sites for hydroxylation is 2. The molecule has 0 radical (unpaired) electrons. The fourth-order valence-corrected chi connectivity index (χ4v) is 4.04. The van der Waals surface area contributed by atoms with Crippen molar-refractivity contribution in [1.82, 2.24) is 9.97 Å². The van der Waals surface area contributed by atoms with Crippen molar-refractivity contribution in [2.45, 2.75) is 39.5 Å². The number of aromatic nitrogens is 2. The molecule has 1 N–H and O–H groups in total. The van der Waals surface area contributed by atoms with Crippen molar-refractivity contribution < 1.29 is 4.74 Å². The smallest absolute Gasteiger partial charge is 0.138 e. The number of fused-ring (bicyclic) bond motifs is 3. The molecule has 5 heteroatoms. The second-order valence-electron chi connectivity index (χ2n) is 5.00. The molecule has 0 saturated carbocycles. The molecule has 2 aromatic heterocycles. The van der Waals surface area contributed by atoms with Crippen LogP contribution in [0.25, 0.3) is 10.2 Å². The van der Waals surface area contributed by atoms with Gasteiger partial charge in [0.25, 0.3) is 0 Å². The first-order chi connectivity index (χ1) is 9.83. The van der Waals surface area contributed by atoms with E-state index in [1.54, 1.807) is 0 Å². The predicted molar refractivity (Wildman–Crippen MR) is 83.8 cm³/mol. The van der Waals surface area contributed by atoms with Crippen molar-refractivity contribution in [2.24, 2.45) is 0 Å². The van der Waals surface area contributed by atoms with E-state index in [1.807, 2.05) is 18.3 Å². The SMILES string of the molecule is CCNc1nc(CCOCC)nc2sc3c(c12)CCC3. The zero-order valence-electron chi connectivity index (χ0n) is 12.2. The van der Waals surface area contributed by atoms with E-state index in [0.29, 0.717) is 6.61 Å². The van der Waals surface area contributed by atoms with Gasteiger partial charge in [-0.2, -0.15) is 0 Å². The van der Waals surface area contributed by atoms with E-state index in [2.05, 4.69) is 12.2 Å². The minimum absolute atomic E-state index is 0.693. The van der Waals surface area contributed by atoms with Crippen LogP contribution < -0.4 is 5.32 Å². The van der Waals surface area contributed by atoms with Gasteiger partial charge in [0.2, 0.25) is 0 Å². The quantitative estimate of drug-likeness (QED) is 0.830. The lowest BCUT2D eigenvalue weighted by atomic mass is 10.2. The Kier molecular flexibility index (Phi) is 4.17. The van der Waals surface area contributed by atoms with Crippen LogP contribution in [0.5, 0.6) is 0 Å². The Bertz CT molecular complexity index is 609. The van der Waals surface area contributed by atoms with Gasteiger partial charge in [-0.15, -0.1) is 11.3 Å². The van der Waals surface area contributed by atoms with Gasteiger partial charge in [-0.05, 0) is 38.7 Å². The summed E-state index contributed by atoms with van der Waals surface area (Å²) in [7, 11) is 0. The van der Waals surface area contributed by atoms with Gasteiger partial charge in [-0.3, -0.25) is 0 Å². The summed E-state index contributed by atoms with van der Waals surface area (Å²) < 4.78 is 5.41. The third-order valence-electron chi connectivity index (χ3n) is 3.63. The van der Waals surface area contributed by atoms with Crippen LogP contribution in [0.2, 0.25) is 0 Å². The van der Waals surface area contributed by atoms with Gasteiger partial charge in [0.05, 0.1) is 12.0 Å². The predicted octanol–water partition coefficient (Wildman–Crippen LogP) is 3.19. The summed E-state index contributed by atoms with van der Waals surface area (Å²) in [6, 6.07) is 0. The molecule has 0 fully saturated rings. The lowest BCUT2D eigenvalue weighted by Crippen LogP contribution is -2.07. The number of rotatable bonds is 6. The second-order valence-corrected chi connectivity index (χ2v) is 6.09. The van der Waals surface area contributed by atoms with Crippen LogP contribution in [-0.4, -0.2) is 29.7 Å². The van der Waals surface area contributed by atoms with Crippen molar-refractivity contribution >= 4 is 27.4 Å². The summed E-state index contributed by atoms with van der Waals surface area (Å²) in [5.74, 6) is 1.91. The first-order valence-electron chi connectivity index (χ1n) is 7.46. The van der Waals surface area contributed by atoms with Gasteiger partial charge in [0, 0.05) is 24.4 Å². The van der Waals surface area contributed by atoms with Crippen LogP contribution in [0.15, 0.2) is 0 Å². The van der Waals surface area contributed by atoms with Gasteiger partial charge in [-0.25, -0.2) is 9.97 Å². The van der Waals surface area contributed by atoms with Gasteiger partial charge >= 0.3 is 0 Å². The molecule has 1 aliphatic rings. The van der Waals surface area contributed by atoms with Crippen molar-refractivity contribution in [1.29, 1.82) is 0 Å². The van der Waals surface area contributed by atoms with Gasteiger partial charge in [0.1, 0.15) is 16.5 Å². The van der Waals surface area contributed by atoms with E-state index in [4.69, 9.17) is 14.7 Å². The number of nitrogens with one attached hydrogen (secondary N) is 1. The maximum atomic E-state index is 5.41. The summed E-state index contributed by atoms with van der Waals surface area (Å²) in [4.78, 5) is 12.1. The average Bonchev–Trinajstić information content (AvgIpc) is 2.99. The van der Waals surface area contributed by atoms with E-state index < -0.39 is 0 Å². The summed E-state index contributed by atoms with van der Waals surface area (Å²) in [5, 5.41) is 4.68. The molecule has 0 amide bonds. The number of ether oxygens (including phenoxy) is 1. The standard InChI is InChI=1S/C15H21N3OS/c1-3-16-14-13-10-6-5-7-11(10)20-15(13)18-12(17-14)8-9-19-4-2/h3-9H2,1-2H3,(H,16,17,18). The topological polar surface area (TPSA) is 47.0 Å². The molecule has 0 spiro atoms. The van der Waals surface area contributed by atoms with E-state index in [0.717, 1.165) is 36.0 Å². The van der Waals surface area contributed by atoms with Crippen LogP contribution in [-0.2, 0) is 24.0 Å². The molecule has 0 aromatic carbocycles. The Morgan fingerprint density at radius 1 is 1.25 bits per heavy atom. The van der Waals surface area contributed by atoms with Crippen LogP contribution >= 0.6 is 11.3 Å². The van der Waals surface area contributed by atoms with Gasteiger partial charge in [0.15, 0.2) is 0 Å². The molecule has 20 heavy (non-hydrogen) atoms. The van der Waals surface area contributed by atoms with Crippen LogP contribution in [0.3, 0.4) is 0 Å². The van der Waals surface area contributed by atoms with Crippen molar-refractivity contribution in [3.63, 3.8) is 0 Å². The monoisotopic (exact) mass is 291 g/mol. The molecule has 0 aliphatic heterocycles. The number of nitrogens with zero attached hydrogens (tertiary/aromatic N) is 2. The molecule has 0 unspecified atom stereocenters. The molecular formula is C15H21N3OS. The lowest BCUT2D eigenvalue weighted by molar-refractivity contribution is 0.149. The highest BCUT2D eigenvalue weighted by Gasteiger charge is 2.22. The van der Waals surface area contributed by atoms with Crippen LogP contribution in [0.4, 0.5) is 5.82 Å². The minimum Gasteiger partial charge on any atom is -0.381 e. The molecule has 0 bridgehead atoms. The van der Waals surface area contributed by atoms with Crippen molar-refractivity contribution in [3.8, 4) is 0 Å². The van der Waals surface area contributed by atoms with E-state index >= 15 is 0 Å². The Morgan fingerprint density at radius 3 is 2.95 bits per heavy atom. The normalized spacial score (nSPS) is 13.9. The van der Waals surface area contributed by atoms with E-state index in [9.17, 15) is 0 Å². The maximum Gasteiger partial charge on any atom is 0.138 e. The largest absolute Gasteiger partial charge is 0.381 e. The summed E-state index contributed by atoms with van der Waals surface area (Å²) in [6.07, 6.45) is 4.44. The van der Waals surface area contributed by atoms with Crippen LogP contribution in [0.1, 0.15) is 36.5 Å². The number of anilines is 1. The molecule has 0 atom stereocenters. The zero-order chi connectivity index (χ0) is 13.9. The Hall–Kier alpha value is -1.20. The highest BCUT2D eigenvalue weighted by molar-refractivity contribution is 7.19. The molecule has 0 saturated heterocycles. The average molecular weight is 291 g/mol. The lowest BCUT2D eigenvalue weighted by Gasteiger charge is -2.08. The van der Waals surface area contributed by atoms with Gasteiger partial charge in [-0.1, -0.05) is 0 Å². The number of thiophene rings is 1. The molecule has 1 aliphatic carbocycles. The molecule has 4 nitrogen and oxygen atoms in total. The molecular weight excluding hydrogens is 270 g/mol. The molecule has 2 aromatic rings. The highest BCUT2D eigenvalue weighted by Crippen LogP contribution is 2.39. The van der Waals surface area contributed by atoms with E-state index in [1.165, 1.54) is 35.1 Å². The van der Waals surface area contributed by atoms with Crippen LogP contribution in [0, 0.1) is 0 Å². The molecule has 2 heterocycles. The molecule has 3 rings (SSSR count). The number of hydrogen-bond acceptors (Lipinski definition) is 5. The number of hydrogen-bond donors (Lipinski definition) is 1. The van der Waals surface area contributed by atoms with Gasteiger partial charge < -0.3 is 10.1 Å². The Labute approximate surface area is 123 Å². The van der Waals surface area contributed by atoms with Crippen molar-refractivity contribution in [2.75, 3.05) is 25.1 Å². The zero-order valence-corrected chi connectivity index (χ0v) is 13.0. The third kappa shape index (κ3) is 2.52. The Morgan fingerprint density at radius 2 is 2.15 bits per heavy atom. The minimum atomic E-state index is 0.693. The Balaban J connectivity index is 1.99. The summed E-state index contributed by atoms with van der Waals surface area (Å²) in [6.45, 7) is 6.45. The first kappa shape index (κ1) is 13.8. The maximum absolute atomic E-state index is 5.41. The van der Waals surface area contributed by atoms with E-state index in [-0.39, 0.29) is 0 Å². The summed E-state index contributed by atoms with van der Waals surface area (Å²) in [5.41, 5.74) is 1.48. The highest BCUT2D eigenvalue weighted by atomic mass is 32.1. The first-order valence-corrected chi connectivity index (χ1v) is 8.27. The second kappa shape index (κ2) is 6.06. The summed E-state index contributed by atoms with van der Waals surface area (Å²) >= 11 is 1.85. The van der Waals surface area contributed by atoms with Crippen molar-refractivity contribution in [3.05, 3.63) is 16.3 Å². The fraction of sp³-hybridized carbons (Fsp3) is 0.600. The molecule has 108 valence electrons. The fourth-order valence-electron chi connectivity index (χ4n) is 2.75.